The molecule has 5 heterocycles. The molecule has 5 rings (SSSR count). The Kier molecular flexibility index (Phi) is 5.44. The van der Waals surface area contributed by atoms with E-state index in [2.05, 4.69) is 20.0 Å². The summed E-state index contributed by atoms with van der Waals surface area (Å²) in [7, 11) is 0. The fraction of sp³-hybridized carbons (Fsp3) is 0.520. The summed E-state index contributed by atoms with van der Waals surface area (Å²) in [6.45, 7) is 17.6. The first-order chi connectivity index (χ1) is 16.2. The van der Waals surface area contributed by atoms with Crippen LogP contribution in [0.25, 0.3) is 16.1 Å². The van der Waals surface area contributed by atoms with Crippen molar-refractivity contribution in [3.63, 3.8) is 0 Å². The van der Waals surface area contributed by atoms with Gasteiger partial charge in [0.25, 0.3) is 0 Å². The molecule has 0 radical (unpaired) electrons. The molecule has 3 aliphatic heterocycles. The molecule has 3 aliphatic rings. The minimum atomic E-state index is -0.523. The zero-order valence-corrected chi connectivity index (χ0v) is 19.8. The van der Waals surface area contributed by atoms with E-state index in [-0.39, 0.29) is 17.2 Å². The van der Waals surface area contributed by atoms with Gasteiger partial charge < -0.3 is 19.9 Å². The predicted octanol–water partition coefficient (Wildman–Crippen LogP) is 3.93. The van der Waals surface area contributed by atoms with Crippen molar-refractivity contribution in [3.05, 3.63) is 46.8 Å². The molecule has 9 heteroatoms. The summed E-state index contributed by atoms with van der Waals surface area (Å²) >= 11 is 0. The number of rotatable bonds is 2. The number of fused-ring (bicyclic) bond motifs is 1. The van der Waals surface area contributed by atoms with Crippen molar-refractivity contribution < 1.29 is 13.9 Å². The number of amides is 1. The Bertz CT molecular complexity index is 1180. The molecule has 2 saturated heterocycles. The lowest BCUT2D eigenvalue weighted by atomic mass is 9.79. The summed E-state index contributed by atoms with van der Waals surface area (Å²) in [5.74, 6) is 0.153. The van der Waals surface area contributed by atoms with Crippen LogP contribution in [-0.2, 0) is 17.7 Å². The molecular formula is C25H29FN6O2. The molecule has 1 amide bonds. The lowest BCUT2D eigenvalue weighted by Crippen LogP contribution is -2.60. The highest BCUT2D eigenvalue weighted by Crippen LogP contribution is 2.47. The third-order valence-corrected chi connectivity index (χ3v) is 6.73. The first kappa shape index (κ1) is 22.5. The first-order valence-corrected chi connectivity index (χ1v) is 11.7. The van der Waals surface area contributed by atoms with E-state index in [0.717, 1.165) is 30.8 Å². The van der Waals surface area contributed by atoms with Crippen molar-refractivity contribution in [1.29, 1.82) is 0 Å². The van der Waals surface area contributed by atoms with Crippen molar-refractivity contribution in [2.45, 2.75) is 45.8 Å². The first-order valence-electron chi connectivity index (χ1n) is 11.7. The van der Waals surface area contributed by atoms with E-state index < -0.39 is 11.4 Å². The van der Waals surface area contributed by atoms with Gasteiger partial charge in [0.2, 0.25) is 5.69 Å². The van der Waals surface area contributed by atoms with Gasteiger partial charge in [-0.15, -0.1) is 0 Å². The monoisotopic (exact) mass is 464 g/mol. The van der Waals surface area contributed by atoms with Crippen molar-refractivity contribution >= 4 is 17.6 Å². The number of likely N-dealkylation sites (tertiary alicyclic amines) is 1. The number of hydrogen-bond acceptors (Lipinski definition) is 6. The number of hydrogen-bond donors (Lipinski definition) is 1. The van der Waals surface area contributed by atoms with Gasteiger partial charge in [-0.3, -0.25) is 4.98 Å². The van der Waals surface area contributed by atoms with E-state index in [1.807, 2.05) is 20.8 Å². The fourth-order valence-corrected chi connectivity index (χ4v) is 5.23. The van der Waals surface area contributed by atoms with Crippen LogP contribution >= 0.6 is 0 Å². The summed E-state index contributed by atoms with van der Waals surface area (Å²) in [6.07, 6.45) is 2.84. The Hall–Kier alpha value is -3.25. The zero-order chi connectivity index (χ0) is 24.1. The lowest BCUT2D eigenvalue weighted by molar-refractivity contribution is -0.0266. The number of nitrogens with one attached hydrogen (secondary N) is 1. The Morgan fingerprint density at radius 1 is 1.32 bits per heavy atom. The largest absolute Gasteiger partial charge is 0.444 e. The van der Waals surface area contributed by atoms with Gasteiger partial charge in [-0.25, -0.2) is 19.0 Å². The highest BCUT2D eigenvalue weighted by atomic mass is 19.1. The van der Waals surface area contributed by atoms with Gasteiger partial charge in [0, 0.05) is 49.9 Å². The van der Waals surface area contributed by atoms with Crippen LogP contribution in [0.2, 0.25) is 0 Å². The molecule has 0 unspecified atom stereocenters. The molecule has 34 heavy (non-hydrogen) atoms. The van der Waals surface area contributed by atoms with Crippen LogP contribution in [0.5, 0.6) is 0 Å². The molecule has 0 bridgehead atoms. The molecule has 2 fully saturated rings. The molecule has 0 atom stereocenters. The highest BCUT2D eigenvalue weighted by molar-refractivity contribution is 5.88. The molecule has 2 aromatic rings. The van der Waals surface area contributed by atoms with E-state index in [4.69, 9.17) is 16.3 Å². The summed E-state index contributed by atoms with van der Waals surface area (Å²) in [5.41, 5.74) is 2.33. The molecule has 178 valence electrons. The van der Waals surface area contributed by atoms with E-state index >= 15 is 0 Å². The van der Waals surface area contributed by atoms with Crippen molar-refractivity contribution in [1.82, 2.24) is 20.2 Å². The topological polar surface area (TPSA) is 75.0 Å². The van der Waals surface area contributed by atoms with Gasteiger partial charge in [0.1, 0.15) is 17.2 Å². The number of carbonyl (C=O) groups excluding carboxylic acids is 1. The van der Waals surface area contributed by atoms with Gasteiger partial charge in [0.15, 0.2) is 0 Å². The van der Waals surface area contributed by atoms with Gasteiger partial charge in [-0.2, -0.15) is 0 Å². The predicted molar refractivity (Wildman–Crippen MR) is 126 cm³/mol. The number of ether oxygens (including phenoxy) is 1. The summed E-state index contributed by atoms with van der Waals surface area (Å²) in [6, 6.07) is 2.94. The molecule has 0 saturated carbocycles. The summed E-state index contributed by atoms with van der Waals surface area (Å²) < 4.78 is 20.3. The molecule has 1 N–H and O–H groups in total. The minimum absolute atomic E-state index is 0.0392. The zero-order valence-electron chi connectivity index (χ0n) is 19.8. The van der Waals surface area contributed by atoms with E-state index in [9.17, 15) is 9.18 Å². The number of anilines is 1. The van der Waals surface area contributed by atoms with Crippen molar-refractivity contribution in [2.24, 2.45) is 5.41 Å². The fourth-order valence-electron chi connectivity index (χ4n) is 5.23. The van der Waals surface area contributed by atoms with E-state index in [1.54, 1.807) is 17.2 Å². The lowest BCUT2D eigenvalue weighted by Gasteiger charge is -2.47. The molecule has 1 spiro atoms. The second-order valence-electron chi connectivity index (χ2n) is 10.5. The number of nitrogens with zero attached hydrogens (tertiary/aromatic N) is 5. The average molecular weight is 465 g/mol. The second-order valence-corrected chi connectivity index (χ2v) is 10.5. The quantitative estimate of drug-likeness (QED) is 0.679. The number of pyridine rings is 2. The van der Waals surface area contributed by atoms with Crippen molar-refractivity contribution in [3.8, 4) is 11.3 Å². The van der Waals surface area contributed by atoms with Crippen LogP contribution in [-0.4, -0.2) is 59.3 Å². The Morgan fingerprint density at radius 2 is 2.12 bits per heavy atom. The third kappa shape index (κ3) is 3.96. The summed E-state index contributed by atoms with van der Waals surface area (Å²) in [4.78, 5) is 29.3. The normalized spacial score (nSPS) is 18.9. The van der Waals surface area contributed by atoms with E-state index in [0.29, 0.717) is 49.7 Å². The van der Waals surface area contributed by atoms with E-state index in [1.165, 1.54) is 6.07 Å². The minimum Gasteiger partial charge on any atom is -0.444 e. The Labute approximate surface area is 198 Å². The molecular weight excluding hydrogens is 435 g/mol. The third-order valence-electron chi connectivity index (χ3n) is 6.73. The van der Waals surface area contributed by atoms with Crippen LogP contribution in [0, 0.1) is 17.8 Å². The van der Waals surface area contributed by atoms with Gasteiger partial charge in [-0.1, -0.05) is 0 Å². The molecule has 0 aliphatic carbocycles. The molecule has 8 nitrogen and oxygen atoms in total. The number of halogens is 1. The van der Waals surface area contributed by atoms with Gasteiger partial charge in [-0.05, 0) is 57.9 Å². The van der Waals surface area contributed by atoms with Gasteiger partial charge in [0.05, 0.1) is 18.0 Å². The summed E-state index contributed by atoms with van der Waals surface area (Å²) in [5, 5.41) is 3.33. The second kappa shape index (κ2) is 8.20. The Balaban J connectivity index is 1.46. The van der Waals surface area contributed by atoms with Crippen LogP contribution in [0.3, 0.4) is 0 Å². The van der Waals surface area contributed by atoms with Crippen molar-refractivity contribution in [2.75, 3.05) is 37.6 Å². The van der Waals surface area contributed by atoms with Crippen LogP contribution < -0.4 is 10.2 Å². The van der Waals surface area contributed by atoms with Gasteiger partial charge >= 0.3 is 6.09 Å². The number of carbonyl (C=O) groups is 1. The van der Waals surface area contributed by atoms with Crippen LogP contribution in [0.4, 0.5) is 20.7 Å². The number of aromatic nitrogens is 2. The molecule has 0 aromatic carbocycles. The van der Waals surface area contributed by atoms with Crippen LogP contribution in [0.15, 0.2) is 18.3 Å². The van der Waals surface area contributed by atoms with Crippen LogP contribution in [0.1, 0.15) is 38.4 Å². The standard InChI is InChI=1S/C25H29FN6O2/c1-24(2,3)34-23(33)32-14-25(15-32)8-11-31(13-25)22-21(27-4)19(20-17(26)6-5-9-29-20)16-7-10-28-12-18(16)30-22/h5-6,9,28H,7-8,10-15H2,1-3H3. The Morgan fingerprint density at radius 3 is 2.82 bits per heavy atom. The highest BCUT2D eigenvalue weighted by Gasteiger charge is 2.51. The smallest absolute Gasteiger partial charge is 0.410 e. The SMILES string of the molecule is [C-]#[N+]c1c(N2CCC3(CN(C(=O)OC(C)(C)C)C3)C2)nc2c(c1-c1ncccc1F)CCNC2. The average Bonchev–Trinajstić information content (AvgIpc) is 3.22. The molecule has 2 aromatic heterocycles. The maximum Gasteiger partial charge on any atom is 0.410 e. The maximum absolute atomic E-state index is 14.8. The maximum atomic E-state index is 14.8.